The molecule has 1 N–H and O–H groups in total. The maximum atomic E-state index is 13.5. The first-order valence-electron chi connectivity index (χ1n) is 12.5. The number of anilines is 1. The Hall–Kier alpha value is -4.54. The lowest BCUT2D eigenvalue weighted by atomic mass is 10.2. The third-order valence-electron chi connectivity index (χ3n) is 5.51. The number of benzene rings is 1. The normalized spacial score (nSPS) is 12.8. The number of para-hydroxylation sites is 2. The number of halogens is 1. The Morgan fingerprint density at radius 1 is 0.953 bits per heavy atom. The van der Waals surface area contributed by atoms with E-state index >= 15 is 0 Å². The maximum absolute atomic E-state index is 13.5. The SMILES string of the molecule is COc1ccccc1Oc1c(NS(=O)(=O)C2=CC=CCC2=S)nc(-c2ncccn2)nc1OCCOc1ncc(Br)cn1. The molecule has 0 amide bonds. The number of rotatable bonds is 12. The summed E-state index contributed by atoms with van der Waals surface area (Å²) >= 11 is 8.59. The van der Waals surface area contributed by atoms with Crippen LogP contribution in [0.25, 0.3) is 11.6 Å². The number of nitrogens with zero attached hydrogens (tertiary/aromatic N) is 6. The molecule has 43 heavy (non-hydrogen) atoms. The molecule has 0 saturated carbocycles. The van der Waals surface area contributed by atoms with E-state index in [1.807, 2.05) is 0 Å². The zero-order valence-electron chi connectivity index (χ0n) is 22.4. The van der Waals surface area contributed by atoms with E-state index < -0.39 is 10.0 Å². The molecule has 3 heterocycles. The Morgan fingerprint density at radius 2 is 1.67 bits per heavy atom. The zero-order valence-corrected chi connectivity index (χ0v) is 25.6. The van der Waals surface area contributed by atoms with Crippen molar-refractivity contribution in [2.75, 3.05) is 25.0 Å². The van der Waals surface area contributed by atoms with Crippen molar-refractivity contribution in [2.45, 2.75) is 6.42 Å². The predicted octanol–water partition coefficient (Wildman–Crippen LogP) is 4.70. The van der Waals surface area contributed by atoms with Crippen molar-refractivity contribution in [1.29, 1.82) is 0 Å². The zero-order chi connectivity index (χ0) is 30.2. The third kappa shape index (κ3) is 7.46. The summed E-state index contributed by atoms with van der Waals surface area (Å²) in [7, 11) is -2.75. The highest BCUT2D eigenvalue weighted by molar-refractivity contribution is 9.10. The second-order valence-corrected chi connectivity index (χ2v) is 11.5. The molecule has 0 spiro atoms. The van der Waals surface area contributed by atoms with Gasteiger partial charge in [0.15, 0.2) is 23.1 Å². The molecule has 1 aliphatic rings. The van der Waals surface area contributed by atoms with Crippen molar-refractivity contribution in [2.24, 2.45) is 0 Å². The fourth-order valence-corrected chi connectivity index (χ4v) is 5.45. The second kappa shape index (κ2) is 13.6. The van der Waals surface area contributed by atoms with Crippen LogP contribution in [0, 0.1) is 0 Å². The lowest BCUT2D eigenvalue weighted by Crippen LogP contribution is -2.22. The third-order valence-corrected chi connectivity index (χ3v) is 7.86. The first kappa shape index (κ1) is 29.9. The lowest BCUT2D eigenvalue weighted by molar-refractivity contribution is 0.197. The van der Waals surface area contributed by atoms with Crippen molar-refractivity contribution < 1.29 is 27.4 Å². The Morgan fingerprint density at radius 3 is 2.40 bits per heavy atom. The van der Waals surface area contributed by atoms with E-state index in [0.29, 0.717) is 16.6 Å². The van der Waals surface area contributed by atoms with Crippen LogP contribution in [-0.2, 0) is 10.0 Å². The van der Waals surface area contributed by atoms with Gasteiger partial charge < -0.3 is 18.9 Å². The minimum absolute atomic E-state index is 0.0193. The van der Waals surface area contributed by atoms with Gasteiger partial charge in [-0.1, -0.05) is 36.5 Å². The molecule has 220 valence electrons. The standard InChI is InChI=1S/C27H22BrN7O6S2/c1-38-18-7-2-3-8-19(18)41-22-23(35-43(36,37)21-10-5-4-9-20(21)42)33-25(24-29-11-6-12-30-24)34-26(22)39-13-14-40-27-31-15-17(28)16-32-27/h2-8,10-12,15-16H,9,13-14H2,1H3,(H,33,34,35). The molecule has 1 aliphatic carbocycles. The van der Waals surface area contributed by atoms with Gasteiger partial charge in [-0.2, -0.15) is 4.98 Å². The molecule has 0 atom stereocenters. The van der Waals surface area contributed by atoms with E-state index in [2.05, 4.69) is 50.6 Å². The average molecular weight is 685 g/mol. The van der Waals surface area contributed by atoms with E-state index in [-0.39, 0.29) is 63.8 Å². The van der Waals surface area contributed by atoms with Crippen LogP contribution in [0.2, 0.25) is 0 Å². The Bertz CT molecular complexity index is 1790. The van der Waals surface area contributed by atoms with Crippen LogP contribution >= 0.6 is 28.1 Å². The van der Waals surface area contributed by atoms with Gasteiger partial charge in [-0.05, 0) is 40.2 Å². The van der Waals surface area contributed by atoms with E-state index in [0.717, 1.165) is 0 Å². The van der Waals surface area contributed by atoms with Crippen LogP contribution < -0.4 is 23.7 Å². The number of hydrogen-bond donors (Lipinski definition) is 1. The van der Waals surface area contributed by atoms with Crippen molar-refractivity contribution in [3.63, 3.8) is 0 Å². The number of hydrogen-bond acceptors (Lipinski definition) is 13. The topological polar surface area (TPSA) is 160 Å². The molecule has 5 rings (SSSR count). The van der Waals surface area contributed by atoms with Gasteiger partial charge in [0.1, 0.15) is 18.1 Å². The van der Waals surface area contributed by atoms with Crippen LogP contribution in [0.5, 0.6) is 29.1 Å². The van der Waals surface area contributed by atoms with Gasteiger partial charge in [-0.3, -0.25) is 4.72 Å². The molecular formula is C27H22BrN7O6S2. The summed E-state index contributed by atoms with van der Waals surface area (Å²) in [4.78, 5) is 25.6. The summed E-state index contributed by atoms with van der Waals surface area (Å²) < 4.78 is 53.4. The van der Waals surface area contributed by atoms with Crippen molar-refractivity contribution >= 4 is 48.9 Å². The van der Waals surface area contributed by atoms with Crippen LogP contribution in [-0.4, -0.2) is 63.5 Å². The van der Waals surface area contributed by atoms with Gasteiger partial charge in [0.2, 0.25) is 11.6 Å². The number of sulfonamides is 1. The fourth-order valence-electron chi connectivity index (χ4n) is 3.61. The number of nitrogens with one attached hydrogen (secondary N) is 1. The van der Waals surface area contributed by atoms with E-state index in [1.54, 1.807) is 54.9 Å². The van der Waals surface area contributed by atoms with Crippen LogP contribution in [0.4, 0.5) is 5.82 Å². The highest BCUT2D eigenvalue weighted by atomic mass is 79.9. The smallest absolute Gasteiger partial charge is 0.316 e. The van der Waals surface area contributed by atoms with E-state index in [9.17, 15) is 8.42 Å². The fraction of sp³-hybridized carbons (Fsp3) is 0.148. The summed E-state index contributed by atoms with van der Waals surface area (Å²) in [6.45, 7) is -0.0362. The minimum Gasteiger partial charge on any atom is -0.493 e. The van der Waals surface area contributed by atoms with E-state index in [1.165, 1.54) is 25.6 Å². The Kier molecular flexibility index (Phi) is 9.48. The number of ether oxygens (including phenoxy) is 4. The van der Waals surface area contributed by atoms with Crippen LogP contribution in [0.3, 0.4) is 0 Å². The molecule has 16 heteroatoms. The quantitative estimate of drug-likeness (QED) is 0.162. The summed E-state index contributed by atoms with van der Waals surface area (Å²) in [6.07, 6.45) is 11.2. The first-order valence-corrected chi connectivity index (χ1v) is 15.2. The summed E-state index contributed by atoms with van der Waals surface area (Å²) in [5.74, 6) is 0.192. The van der Waals surface area contributed by atoms with Crippen molar-refractivity contribution in [3.05, 3.63) is 82.7 Å². The van der Waals surface area contributed by atoms with Gasteiger partial charge in [-0.25, -0.2) is 33.3 Å². The molecule has 3 aromatic heterocycles. The highest BCUT2D eigenvalue weighted by Gasteiger charge is 2.28. The molecule has 0 aliphatic heterocycles. The Labute approximate surface area is 260 Å². The lowest BCUT2D eigenvalue weighted by Gasteiger charge is -2.19. The molecule has 0 bridgehead atoms. The van der Waals surface area contributed by atoms with Gasteiger partial charge >= 0.3 is 6.01 Å². The molecule has 13 nitrogen and oxygen atoms in total. The molecule has 0 radical (unpaired) electrons. The summed E-state index contributed by atoms with van der Waals surface area (Å²) in [6, 6.07) is 8.54. The molecule has 0 fully saturated rings. The monoisotopic (exact) mass is 683 g/mol. The number of allylic oxidation sites excluding steroid dienone is 4. The molecule has 0 unspecified atom stereocenters. The Balaban J connectivity index is 1.56. The number of methoxy groups -OCH3 is 1. The van der Waals surface area contributed by atoms with Gasteiger partial charge in [0, 0.05) is 36.1 Å². The second-order valence-electron chi connectivity index (χ2n) is 8.43. The molecule has 0 saturated heterocycles. The van der Waals surface area contributed by atoms with Gasteiger partial charge in [-0.15, -0.1) is 0 Å². The van der Waals surface area contributed by atoms with Crippen LogP contribution in [0.1, 0.15) is 6.42 Å². The van der Waals surface area contributed by atoms with E-state index in [4.69, 9.17) is 31.2 Å². The maximum Gasteiger partial charge on any atom is 0.316 e. The van der Waals surface area contributed by atoms with Gasteiger partial charge in [0.05, 0.1) is 11.6 Å². The number of aromatic nitrogens is 6. The molecule has 1 aromatic carbocycles. The number of thiocarbonyl (C=S) groups is 1. The predicted molar refractivity (Wildman–Crippen MR) is 164 cm³/mol. The average Bonchev–Trinajstić information content (AvgIpc) is 3.02. The summed E-state index contributed by atoms with van der Waals surface area (Å²) in [5.41, 5.74) is 0. The van der Waals surface area contributed by atoms with Crippen molar-refractivity contribution in [1.82, 2.24) is 29.9 Å². The highest BCUT2D eigenvalue weighted by Crippen LogP contribution is 2.41. The largest absolute Gasteiger partial charge is 0.493 e. The first-order chi connectivity index (χ1) is 20.8. The minimum atomic E-state index is -4.22. The summed E-state index contributed by atoms with van der Waals surface area (Å²) in [5, 5.41) is 0. The molecule has 4 aromatic rings. The van der Waals surface area contributed by atoms with Crippen molar-refractivity contribution in [3.8, 4) is 40.8 Å². The van der Waals surface area contributed by atoms with Crippen LogP contribution in [0.15, 0.2) is 82.7 Å². The molecular weight excluding hydrogens is 662 g/mol. The van der Waals surface area contributed by atoms with Gasteiger partial charge in [0.25, 0.3) is 15.9 Å².